The van der Waals surface area contributed by atoms with Gasteiger partial charge in [0, 0.05) is 0 Å². The number of hydrogen-bond acceptors (Lipinski definition) is 2. The summed E-state index contributed by atoms with van der Waals surface area (Å²) in [5.41, 5.74) is 0. The molecule has 0 saturated carbocycles. The van der Waals surface area contributed by atoms with Gasteiger partial charge < -0.3 is 9.84 Å². The first-order chi connectivity index (χ1) is 7.04. The summed E-state index contributed by atoms with van der Waals surface area (Å²) in [5, 5.41) is 8.75. The molecule has 0 spiro atoms. The van der Waals surface area contributed by atoms with Crippen LogP contribution in [0.5, 0.6) is 5.75 Å². The zero-order valence-electron chi connectivity index (χ0n) is 8.04. The Labute approximate surface area is 95.0 Å². The standard InChI is InChI=1S/C10H10BrFO3/c1-2-9(10(13)14)15-6-3-4-8(12)7(11)5-6/h3-5,9H,2H2,1H3,(H,13,14). The van der Waals surface area contributed by atoms with E-state index in [1.165, 1.54) is 18.2 Å². The summed E-state index contributed by atoms with van der Waals surface area (Å²) in [7, 11) is 0. The minimum atomic E-state index is -1.03. The van der Waals surface area contributed by atoms with Crippen LogP contribution in [0.1, 0.15) is 13.3 Å². The fraction of sp³-hybridized carbons (Fsp3) is 0.300. The van der Waals surface area contributed by atoms with E-state index in [1.807, 2.05) is 0 Å². The van der Waals surface area contributed by atoms with E-state index in [-0.39, 0.29) is 4.47 Å². The molecule has 0 aliphatic rings. The highest BCUT2D eigenvalue weighted by Gasteiger charge is 2.16. The molecule has 5 heteroatoms. The molecule has 0 aromatic heterocycles. The van der Waals surface area contributed by atoms with Gasteiger partial charge in [-0.3, -0.25) is 0 Å². The molecular weight excluding hydrogens is 267 g/mol. The van der Waals surface area contributed by atoms with E-state index in [2.05, 4.69) is 15.9 Å². The third kappa shape index (κ3) is 3.20. The summed E-state index contributed by atoms with van der Waals surface area (Å²) in [5.74, 6) is -1.11. The lowest BCUT2D eigenvalue weighted by molar-refractivity contribution is -0.145. The highest BCUT2D eigenvalue weighted by Crippen LogP contribution is 2.22. The summed E-state index contributed by atoms with van der Waals surface area (Å²) < 4.78 is 18.3. The van der Waals surface area contributed by atoms with Gasteiger partial charge in [0.15, 0.2) is 6.10 Å². The summed E-state index contributed by atoms with van der Waals surface area (Å²) in [6.07, 6.45) is -0.549. The minimum Gasteiger partial charge on any atom is -0.479 e. The summed E-state index contributed by atoms with van der Waals surface area (Å²) >= 11 is 2.99. The molecule has 1 N–H and O–H groups in total. The van der Waals surface area contributed by atoms with E-state index in [9.17, 15) is 9.18 Å². The molecule has 0 heterocycles. The van der Waals surface area contributed by atoms with Crippen LogP contribution in [0.15, 0.2) is 22.7 Å². The Hall–Kier alpha value is -1.10. The first kappa shape index (κ1) is 12.0. The van der Waals surface area contributed by atoms with E-state index in [0.717, 1.165) is 0 Å². The highest BCUT2D eigenvalue weighted by atomic mass is 79.9. The van der Waals surface area contributed by atoms with Crippen LogP contribution in [0.3, 0.4) is 0 Å². The molecule has 3 nitrogen and oxygen atoms in total. The Morgan fingerprint density at radius 3 is 2.80 bits per heavy atom. The largest absolute Gasteiger partial charge is 0.479 e. The minimum absolute atomic E-state index is 0.250. The van der Waals surface area contributed by atoms with Gasteiger partial charge in [-0.25, -0.2) is 9.18 Å². The van der Waals surface area contributed by atoms with Gasteiger partial charge in [-0.15, -0.1) is 0 Å². The molecule has 1 unspecified atom stereocenters. The number of hydrogen-bond donors (Lipinski definition) is 1. The van der Waals surface area contributed by atoms with Crippen LogP contribution in [-0.4, -0.2) is 17.2 Å². The number of ether oxygens (including phenoxy) is 1. The van der Waals surface area contributed by atoms with Crippen molar-refractivity contribution in [1.29, 1.82) is 0 Å². The van der Waals surface area contributed by atoms with Gasteiger partial charge in [-0.2, -0.15) is 0 Å². The third-order valence-electron chi connectivity index (χ3n) is 1.82. The predicted molar refractivity (Wildman–Crippen MR) is 56.4 cm³/mol. The maximum atomic E-state index is 12.9. The molecule has 0 aliphatic heterocycles. The lowest BCUT2D eigenvalue weighted by Gasteiger charge is -2.13. The Kier molecular flexibility index (Phi) is 4.08. The number of carboxylic acids is 1. The van der Waals surface area contributed by atoms with Crippen LogP contribution in [-0.2, 0) is 4.79 Å². The summed E-state index contributed by atoms with van der Waals surface area (Å²) in [6, 6.07) is 4.01. The smallest absolute Gasteiger partial charge is 0.344 e. The van der Waals surface area contributed by atoms with Crippen LogP contribution in [0.2, 0.25) is 0 Å². The molecule has 1 atom stereocenters. The van der Waals surface area contributed by atoms with Crippen LogP contribution < -0.4 is 4.74 Å². The van der Waals surface area contributed by atoms with Crippen molar-refractivity contribution in [1.82, 2.24) is 0 Å². The molecule has 1 aromatic rings. The van der Waals surface area contributed by atoms with Crippen molar-refractivity contribution in [2.45, 2.75) is 19.4 Å². The monoisotopic (exact) mass is 276 g/mol. The zero-order chi connectivity index (χ0) is 11.4. The average Bonchev–Trinajstić information content (AvgIpc) is 2.19. The quantitative estimate of drug-likeness (QED) is 0.920. The van der Waals surface area contributed by atoms with Gasteiger partial charge in [-0.05, 0) is 40.5 Å². The fourth-order valence-electron chi connectivity index (χ4n) is 1.02. The Bertz CT molecular complexity index is 368. The number of aliphatic carboxylic acids is 1. The van der Waals surface area contributed by atoms with Crippen molar-refractivity contribution in [3.8, 4) is 5.75 Å². The van der Waals surface area contributed by atoms with Crippen molar-refractivity contribution in [2.75, 3.05) is 0 Å². The van der Waals surface area contributed by atoms with E-state index < -0.39 is 17.9 Å². The molecule has 0 radical (unpaired) electrons. The van der Waals surface area contributed by atoms with Gasteiger partial charge in [0.1, 0.15) is 11.6 Å². The van der Waals surface area contributed by atoms with E-state index in [4.69, 9.17) is 9.84 Å². The third-order valence-corrected chi connectivity index (χ3v) is 2.42. The summed E-state index contributed by atoms with van der Waals surface area (Å²) in [4.78, 5) is 10.7. The van der Waals surface area contributed by atoms with Gasteiger partial charge >= 0.3 is 5.97 Å². The van der Waals surface area contributed by atoms with Crippen LogP contribution in [0.4, 0.5) is 4.39 Å². The van der Waals surface area contributed by atoms with Crippen molar-refractivity contribution in [3.63, 3.8) is 0 Å². The molecular formula is C10H10BrFO3. The number of benzene rings is 1. The van der Waals surface area contributed by atoms with Crippen molar-refractivity contribution < 1.29 is 19.0 Å². The normalized spacial score (nSPS) is 12.2. The Balaban J connectivity index is 2.80. The van der Waals surface area contributed by atoms with Crippen LogP contribution in [0, 0.1) is 5.82 Å². The predicted octanol–water partition coefficient (Wildman–Crippen LogP) is 2.83. The molecule has 0 bridgehead atoms. The molecule has 0 saturated heterocycles. The van der Waals surface area contributed by atoms with Crippen molar-refractivity contribution >= 4 is 21.9 Å². The van der Waals surface area contributed by atoms with Gasteiger partial charge in [0.05, 0.1) is 4.47 Å². The van der Waals surface area contributed by atoms with Crippen molar-refractivity contribution in [2.24, 2.45) is 0 Å². The second kappa shape index (κ2) is 5.11. The molecule has 0 fully saturated rings. The van der Waals surface area contributed by atoms with Gasteiger partial charge in [-0.1, -0.05) is 6.92 Å². The Morgan fingerprint density at radius 1 is 1.67 bits per heavy atom. The maximum absolute atomic E-state index is 12.9. The van der Waals surface area contributed by atoms with Gasteiger partial charge in [0.2, 0.25) is 0 Å². The molecule has 0 amide bonds. The summed E-state index contributed by atoms with van der Waals surface area (Å²) in [6.45, 7) is 1.71. The molecule has 1 aromatic carbocycles. The number of halogens is 2. The van der Waals surface area contributed by atoms with Gasteiger partial charge in [0.25, 0.3) is 0 Å². The maximum Gasteiger partial charge on any atom is 0.344 e. The average molecular weight is 277 g/mol. The lowest BCUT2D eigenvalue weighted by Crippen LogP contribution is -2.25. The number of carboxylic acid groups (broad SMARTS) is 1. The van der Waals surface area contributed by atoms with Crippen molar-refractivity contribution in [3.05, 3.63) is 28.5 Å². The SMILES string of the molecule is CCC(Oc1ccc(F)c(Br)c1)C(=O)O. The molecule has 1 rings (SSSR count). The first-order valence-corrected chi connectivity index (χ1v) is 5.18. The van der Waals surface area contributed by atoms with Crippen LogP contribution in [0.25, 0.3) is 0 Å². The zero-order valence-corrected chi connectivity index (χ0v) is 9.62. The number of carbonyl (C=O) groups is 1. The fourth-order valence-corrected chi connectivity index (χ4v) is 1.38. The van der Waals surface area contributed by atoms with Crippen LogP contribution >= 0.6 is 15.9 Å². The second-order valence-electron chi connectivity index (χ2n) is 2.93. The van der Waals surface area contributed by atoms with E-state index in [1.54, 1.807) is 6.92 Å². The highest BCUT2D eigenvalue weighted by molar-refractivity contribution is 9.10. The molecule has 0 aliphatic carbocycles. The number of rotatable bonds is 4. The molecule has 82 valence electrons. The lowest BCUT2D eigenvalue weighted by atomic mass is 10.2. The first-order valence-electron chi connectivity index (χ1n) is 4.39. The Morgan fingerprint density at radius 2 is 2.33 bits per heavy atom. The van der Waals surface area contributed by atoms with E-state index in [0.29, 0.717) is 12.2 Å². The topological polar surface area (TPSA) is 46.5 Å². The molecule has 15 heavy (non-hydrogen) atoms. The second-order valence-corrected chi connectivity index (χ2v) is 3.78. The van der Waals surface area contributed by atoms with E-state index >= 15 is 0 Å².